The van der Waals surface area contributed by atoms with Crippen molar-refractivity contribution in [3.05, 3.63) is 60.3 Å². The number of ether oxygens (including phenoxy) is 1. The number of nitrogens with zero attached hydrogens (tertiary/aromatic N) is 2. The van der Waals surface area contributed by atoms with Gasteiger partial charge in [0.25, 0.3) is 0 Å². The van der Waals surface area contributed by atoms with E-state index in [2.05, 4.69) is 37.9 Å². The molecular weight excluding hydrogens is 546 g/mol. The Morgan fingerprint density at radius 2 is 1.90 bits per heavy atom. The first-order chi connectivity index (χ1) is 14.9. The zero-order chi connectivity index (χ0) is 22.1. The van der Waals surface area contributed by atoms with Crippen molar-refractivity contribution >= 4 is 60.8 Å². The molecule has 2 aromatic rings. The minimum absolute atomic E-state index is 0.246. The largest absolute Gasteiger partial charge is 0.450 e. The molecule has 0 radical (unpaired) electrons. The minimum atomic E-state index is -0.246. The zero-order valence-corrected chi connectivity index (χ0v) is 21.2. The summed E-state index contributed by atoms with van der Waals surface area (Å²) in [5.74, 6) is 0. The summed E-state index contributed by atoms with van der Waals surface area (Å²) in [6.07, 6.45) is 5.98. The van der Waals surface area contributed by atoms with Crippen molar-refractivity contribution in [1.82, 2.24) is 9.88 Å². The van der Waals surface area contributed by atoms with E-state index in [0.717, 1.165) is 57.9 Å². The number of carbonyl (C=O) groups is 1. The number of rotatable bonds is 1. The van der Waals surface area contributed by atoms with Crippen LogP contribution in [-0.4, -0.2) is 35.7 Å². The topological polar surface area (TPSA) is 68.5 Å². The van der Waals surface area contributed by atoms with Gasteiger partial charge in [-0.05, 0) is 94.1 Å². The van der Waals surface area contributed by atoms with Gasteiger partial charge < -0.3 is 15.4 Å². The fourth-order valence-electron chi connectivity index (χ4n) is 4.40. The Morgan fingerprint density at radius 1 is 1.19 bits per heavy atom. The number of likely N-dealkylation sites (tertiary alicyclic amines) is 1. The van der Waals surface area contributed by atoms with Crippen LogP contribution in [0.2, 0.25) is 5.02 Å². The lowest BCUT2D eigenvalue weighted by molar-refractivity contribution is 0.104. The fraction of sp³-hybridized carbons (Fsp3) is 0.391. The van der Waals surface area contributed by atoms with Crippen LogP contribution in [0.5, 0.6) is 0 Å². The highest BCUT2D eigenvalue weighted by molar-refractivity contribution is 9.11. The predicted molar refractivity (Wildman–Crippen MR) is 131 cm³/mol. The molecule has 0 unspecified atom stereocenters. The summed E-state index contributed by atoms with van der Waals surface area (Å²) in [7, 11) is 0. The van der Waals surface area contributed by atoms with E-state index in [4.69, 9.17) is 27.1 Å². The molecule has 31 heavy (non-hydrogen) atoms. The van der Waals surface area contributed by atoms with E-state index < -0.39 is 0 Å². The molecule has 8 heteroatoms. The second-order valence-corrected chi connectivity index (χ2v) is 9.92. The summed E-state index contributed by atoms with van der Waals surface area (Å²) in [5, 5.41) is 0.566. The van der Waals surface area contributed by atoms with E-state index in [1.807, 2.05) is 19.2 Å². The van der Waals surface area contributed by atoms with E-state index in [-0.39, 0.29) is 6.09 Å². The van der Waals surface area contributed by atoms with E-state index in [9.17, 15) is 4.79 Å². The number of hydrogen-bond donors (Lipinski definition) is 1. The van der Waals surface area contributed by atoms with Crippen LogP contribution in [0.25, 0.3) is 5.57 Å². The number of aryl methyl sites for hydroxylation is 2. The summed E-state index contributed by atoms with van der Waals surface area (Å²) in [5.41, 5.74) is 13.7. The Morgan fingerprint density at radius 3 is 2.61 bits per heavy atom. The third kappa shape index (κ3) is 4.50. The summed E-state index contributed by atoms with van der Waals surface area (Å²) in [4.78, 5) is 18.8. The lowest BCUT2D eigenvalue weighted by atomic mass is 9.83. The average molecular weight is 570 g/mol. The zero-order valence-electron chi connectivity index (χ0n) is 17.3. The second kappa shape index (κ2) is 9.51. The van der Waals surface area contributed by atoms with Crippen molar-refractivity contribution in [3.63, 3.8) is 0 Å². The maximum atomic E-state index is 12.2. The predicted octanol–water partition coefficient (Wildman–Crippen LogP) is 6.39. The molecule has 2 heterocycles. The van der Waals surface area contributed by atoms with Crippen LogP contribution < -0.4 is 5.73 Å². The number of amides is 1. The smallest absolute Gasteiger partial charge is 0.409 e. The van der Waals surface area contributed by atoms with Crippen molar-refractivity contribution in [1.29, 1.82) is 0 Å². The highest BCUT2D eigenvalue weighted by Crippen LogP contribution is 2.44. The molecule has 1 aromatic heterocycles. The van der Waals surface area contributed by atoms with Gasteiger partial charge >= 0.3 is 6.09 Å². The number of hydrogen-bond acceptors (Lipinski definition) is 4. The first kappa shape index (κ1) is 22.6. The van der Waals surface area contributed by atoms with Gasteiger partial charge in [-0.25, -0.2) is 4.79 Å². The van der Waals surface area contributed by atoms with Crippen LogP contribution in [0, 0.1) is 0 Å². The normalized spacial score (nSPS) is 16.3. The third-order valence-corrected chi connectivity index (χ3v) is 7.46. The molecule has 0 saturated carbocycles. The highest BCUT2D eigenvalue weighted by atomic mass is 79.9. The molecule has 0 atom stereocenters. The van der Waals surface area contributed by atoms with Crippen molar-refractivity contribution < 1.29 is 9.53 Å². The number of nitrogens with two attached hydrogens (primary N) is 1. The Balaban J connectivity index is 1.87. The fourth-order valence-corrected chi connectivity index (χ4v) is 5.79. The number of anilines is 1. The van der Waals surface area contributed by atoms with Gasteiger partial charge in [-0.2, -0.15) is 0 Å². The van der Waals surface area contributed by atoms with Gasteiger partial charge in [0.1, 0.15) is 0 Å². The second-order valence-electron chi connectivity index (χ2n) is 7.80. The average Bonchev–Trinajstić information content (AvgIpc) is 2.74. The highest BCUT2D eigenvalue weighted by Gasteiger charge is 2.28. The van der Waals surface area contributed by atoms with Gasteiger partial charge in [0.05, 0.1) is 27.5 Å². The first-order valence-electron chi connectivity index (χ1n) is 10.5. The maximum absolute atomic E-state index is 12.2. The molecule has 4 rings (SSSR count). The van der Waals surface area contributed by atoms with Crippen molar-refractivity contribution in [2.24, 2.45) is 0 Å². The lowest BCUT2D eigenvalue weighted by Crippen LogP contribution is -2.37. The lowest BCUT2D eigenvalue weighted by Gasteiger charge is -2.31. The summed E-state index contributed by atoms with van der Waals surface area (Å²) in [6.45, 7) is 3.46. The summed E-state index contributed by atoms with van der Waals surface area (Å²) >= 11 is 13.7. The molecule has 0 spiro atoms. The molecule has 2 N–H and O–H groups in total. The number of halogens is 3. The van der Waals surface area contributed by atoms with Gasteiger partial charge in [-0.15, -0.1) is 0 Å². The van der Waals surface area contributed by atoms with Crippen LogP contribution >= 0.6 is 43.5 Å². The van der Waals surface area contributed by atoms with Crippen LogP contribution in [-0.2, 0) is 17.6 Å². The summed E-state index contributed by atoms with van der Waals surface area (Å²) in [6, 6.07) is 4.16. The number of pyridine rings is 1. The van der Waals surface area contributed by atoms with Gasteiger partial charge in [0, 0.05) is 34.9 Å². The quantitative estimate of drug-likeness (QED) is 0.405. The molecule has 2 aliphatic rings. The van der Waals surface area contributed by atoms with E-state index >= 15 is 0 Å². The van der Waals surface area contributed by atoms with Gasteiger partial charge in [-0.3, -0.25) is 4.98 Å². The molecule has 0 bridgehead atoms. The van der Waals surface area contributed by atoms with E-state index in [1.165, 1.54) is 16.7 Å². The van der Waals surface area contributed by atoms with Crippen molar-refractivity contribution in [2.45, 2.75) is 39.0 Å². The first-order valence-corrected chi connectivity index (χ1v) is 12.4. The number of benzene rings is 1. The van der Waals surface area contributed by atoms with Crippen molar-refractivity contribution in [2.75, 3.05) is 25.4 Å². The maximum Gasteiger partial charge on any atom is 0.409 e. The molecule has 164 valence electrons. The van der Waals surface area contributed by atoms with Gasteiger partial charge in [0.15, 0.2) is 0 Å². The van der Waals surface area contributed by atoms with E-state index in [0.29, 0.717) is 30.4 Å². The van der Waals surface area contributed by atoms with Gasteiger partial charge in [0.2, 0.25) is 0 Å². The Labute approximate surface area is 204 Å². The number of aromatic nitrogens is 1. The minimum Gasteiger partial charge on any atom is -0.450 e. The molecule has 1 amide bonds. The molecular formula is C23H24Br2ClN3O2. The van der Waals surface area contributed by atoms with Gasteiger partial charge in [-0.1, -0.05) is 17.2 Å². The molecule has 1 aliphatic carbocycles. The number of fused-ring (bicyclic) bond motifs is 2. The van der Waals surface area contributed by atoms with Crippen LogP contribution in [0.4, 0.5) is 10.5 Å². The monoisotopic (exact) mass is 567 g/mol. The number of piperidine rings is 1. The summed E-state index contributed by atoms with van der Waals surface area (Å²) < 4.78 is 6.98. The van der Waals surface area contributed by atoms with Crippen LogP contribution in [0.3, 0.4) is 0 Å². The standard InChI is InChI=1S/C23H24Br2ClN3O2/c1-2-31-23(30)29-8-6-13(7-9-29)19-18-14(11-17(26)21(27)20(18)25)4-3-5-15-10-16(24)12-28-22(15)19/h10-12H,2-9,27H2,1H3. The van der Waals surface area contributed by atoms with E-state index in [1.54, 1.807) is 4.90 Å². The Hall–Kier alpha value is -1.57. The number of carbonyl (C=O) groups excluding carboxylic acids is 1. The van der Waals surface area contributed by atoms with Crippen LogP contribution in [0.15, 0.2) is 32.8 Å². The third-order valence-electron chi connectivity index (χ3n) is 5.89. The molecule has 1 aliphatic heterocycles. The number of nitrogen functional groups attached to an aromatic ring is 1. The van der Waals surface area contributed by atoms with Crippen molar-refractivity contribution in [3.8, 4) is 0 Å². The molecule has 1 saturated heterocycles. The molecule has 1 fully saturated rings. The SMILES string of the molecule is CCOC(=O)N1CCC(=C2c3ncc(Br)cc3CCCc3cc(Cl)c(N)c(Br)c32)CC1. The molecule has 5 nitrogen and oxygen atoms in total. The van der Waals surface area contributed by atoms with Crippen LogP contribution in [0.1, 0.15) is 48.6 Å². The Bertz CT molecular complexity index is 1060. The Kier molecular flexibility index (Phi) is 6.94. The molecule has 1 aromatic carbocycles.